The lowest BCUT2D eigenvalue weighted by atomic mass is 9.90. The summed E-state index contributed by atoms with van der Waals surface area (Å²) >= 11 is 1.81. The smallest absolute Gasteiger partial charge is 0.164 e. The third-order valence-corrected chi connectivity index (χ3v) is 13.0. The van der Waals surface area contributed by atoms with Crippen LogP contribution in [-0.2, 0) is 0 Å². The van der Waals surface area contributed by atoms with Gasteiger partial charge in [0.25, 0.3) is 0 Å². The lowest BCUT2D eigenvalue weighted by Gasteiger charge is -2.14. The van der Waals surface area contributed by atoms with Gasteiger partial charge in [0.1, 0.15) is 0 Å². The lowest BCUT2D eigenvalue weighted by Crippen LogP contribution is -2.00. The molecule has 0 bridgehead atoms. The molecule has 0 amide bonds. The van der Waals surface area contributed by atoms with Crippen LogP contribution in [-0.4, -0.2) is 19.5 Å². The molecular formula is C57H36N4S. The number of hydrogen-bond donors (Lipinski definition) is 0. The number of benzene rings is 9. The number of fused-ring (bicyclic) bond motifs is 6. The quantitative estimate of drug-likeness (QED) is 0.161. The summed E-state index contributed by atoms with van der Waals surface area (Å²) in [6.07, 6.45) is 0. The molecule has 0 N–H and O–H groups in total. The Morgan fingerprint density at radius 2 is 0.823 bits per heavy atom. The Kier molecular flexibility index (Phi) is 8.65. The fourth-order valence-corrected chi connectivity index (χ4v) is 10.2. The number of thiophene rings is 1. The molecule has 0 aliphatic heterocycles. The predicted octanol–water partition coefficient (Wildman–Crippen LogP) is 15.3. The van der Waals surface area contributed by atoms with Gasteiger partial charge in [-0.25, -0.2) is 15.0 Å². The molecule has 0 radical (unpaired) electrons. The molecule has 3 heterocycles. The van der Waals surface area contributed by atoms with Crippen molar-refractivity contribution in [2.45, 2.75) is 0 Å². The lowest BCUT2D eigenvalue weighted by molar-refractivity contribution is 1.07. The fourth-order valence-electron chi connectivity index (χ4n) is 9.06. The summed E-state index contributed by atoms with van der Waals surface area (Å²) in [7, 11) is 0. The first-order chi connectivity index (χ1) is 30.7. The molecule has 12 rings (SSSR count). The minimum absolute atomic E-state index is 0.642. The summed E-state index contributed by atoms with van der Waals surface area (Å²) in [6.45, 7) is 0. The van der Waals surface area contributed by atoms with Gasteiger partial charge in [0, 0.05) is 53.3 Å². The highest BCUT2D eigenvalue weighted by Crippen LogP contribution is 2.46. The van der Waals surface area contributed by atoms with Crippen LogP contribution < -0.4 is 0 Å². The highest BCUT2D eigenvalue weighted by atomic mass is 32.1. The second-order valence-electron chi connectivity index (χ2n) is 15.5. The maximum absolute atomic E-state index is 5.15. The molecule has 0 spiro atoms. The number of rotatable bonds is 7. The molecule has 0 saturated carbocycles. The van der Waals surface area contributed by atoms with Crippen LogP contribution in [0.15, 0.2) is 218 Å². The first-order valence-electron chi connectivity index (χ1n) is 20.9. The van der Waals surface area contributed by atoms with Crippen molar-refractivity contribution in [1.82, 2.24) is 19.5 Å². The molecule has 5 heteroatoms. The van der Waals surface area contributed by atoms with Crippen molar-refractivity contribution in [3.8, 4) is 73.2 Å². The zero-order chi connectivity index (χ0) is 41.0. The van der Waals surface area contributed by atoms with Gasteiger partial charge in [-0.2, -0.15) is 0 Å². The van der Waals surface area contributed by atoms with Gasteiger partial charge in [0.15, 0.2) is 17.5 Å². The largest absolute Gasteiger partial charge is 0.309 e. The van der Waals surface area contributed by atoms with Crippen LogP contribution in [0, 0.1) is 0 Å². The van der Waals surface area contributed by atoms with E-state index in [0.717, 1.165) is 33.5 Å². The normalized spacial score (nSPS) is 11.5. The number of nitrogens with zero attached hydrogens (tertiary/aromatic N) is 4. The second kappa shape index (κ2) is 14.9. The maximum atomic E-state index is 5.15. The van der Waals surface area contributed by atoms with E-state index < -0.39 is 0 Å². The minimum atomic E-state index is 0.642. The Labute approximate surface area is 362 Å². The van der Waals surface area contributed by atoms with Gasteiger partial charge in [0.05, 0.1) is 11.0 Å². The third-order valence-electron chi connectivity index (χ3n) is 11.9. The van der Waals surface area contributed by atoms with Crippen LogP contribution in [0.5, 0.6) is 0 Å². The van der Waals surface area contributed by atoms with Crippen LogP contribution in [0.2, 0.25) is 0 Å². The molecule has 290 valence electrons. The number of hydrogen-bond acceptors (Lipinski definition) is 4. The zero-order valence-corrected chi connectivity index (χ0v) is 34.3. The van der Waals surface area contributed by atoms with E-state index in [1.807, 2.05) is 35.6 Å². The van der Waals surface area contributed by atoms with Crippen molar-refractivity contribution in [1.29, 1.82) is 0 Å². The fraction of sp³-hybridized carbons (Fsp3) is 0. The van der Waals surface area contributed by atoms with Crippen molar-refractivity contribution >= 4 is 53.3 Å². The Bertz CT molecular complexity index is 3630. The summed E-state index contributed by atoms with van der Waals surface area (Å²) in [5.41, 5.74) is 13.5. The number of aromatic nitrogens is 4. The van der Waals surface area contributed by atoms with Gasteiger partial charge in [-0.05, 0) is 75.8 Å². The Balaban J connectivity index is 1.01. The highest BCUT2D eigenvalue weighted by molar-refractivity contribution is 7.26. The summed E-state index contributed by atoms with van der Waals surface area (Å²) < 4.78 is 4.81. The standard InChI is InChI=1S/C57H36N4S/c1-4-17-37(18-5-1)39-21-14-22-40(35-39)56-58-55(38-19-6-2-7-20-38)59-57(60-56)41-33-34-48-52(36-41)62-51-32-16-29-46(54(48)51)44-26-11-10-25-43(44)45-28-15-31-50-53(45)47-27-12-13-30-49(47)61(50)42-23-8-3-9-24-42/h1-36H. The number of para-hydroxylation sites is 2. The molecule has 0 unspecified atom stereocenters. The summed E-state index contributed by atoms with van der Waals surface area (Å²) in [4.78, 5) is 15.3. The topological polar surface area (TPSA) is 43.6 Å². The minimum Gasteiger partial charge on any atom is -0.309 e. The van der Waals surface area contributed by atoms with E-state index in [4.69, 9.17) is 15.0 Å². The van der Waals surface area contributed by atoms with Gasteiger partial charge in [0.2, 0.25) is 0 Å². The molecule has 0 aliphatic rings. The summed E-state index contributed by atoms with van der Waals surface area (Å²) in [6, 6.07) is 77.5. The van der Waals surface area contributed by atoms with Gasteiger partial charge >= 0.3 is 0 Å². The Hall–Kier alpha value is -7.99. The van der Waals surface area contributed by atoms with E-state index in [1.54, 1.807) is 0 Å². The van der Waals surface area contributed by atoms with Crippen LogP contribution in [0.1, 0.15) is 0 Å². The highest BCUT2D eigenvalue weighted by Gasteiger charge is 2.21. The maximum Gasteiger partial charge on any atom is 0.164 e. The van der Waals surface area contributed by atoms with Crippen molar-refractivity contribution in [2.75, 3.05) is 0 Å². The molecule has 62 heavy (non-hydrogen) atoms. The van der Waals surface area contributed by atoms with Crippen molar-refractivity contribution < 1.29 is 0 Å². The van der Waals surface area contributed by atoms with E-state index in [9.17, 15) is 0 Å². The van der Waals surface area contributed by atoms with E-state index in [-0.39, 0.29) is 0 Å². The molecule has 3 aromatic heterocycles. The Morgan fingerprint density at radius 3 is 1.56 bits per heavy atom. The van der Waals surface area contributed by atoms with E-state index in [1.165, 1.54) is 64.2 Å². The van der Waals surface area contributed by atoms with E-state index in [0.29, 0.717) is 17.5 Å². The van der Waals surface area contributed by atoms with Gasteiger partial charge in [-0.1, -0.05) is 176 Å². The second-order valence-corrected chi connectivity index (χ2v) is 16.6. The zero-order valence-electron chi connectivity index (χ0n) is 33.5. The van der Waals surface area contributed by atoms with Gasteiger partial charge in [-0.15, -0.1) is 11.3 Å². The average molecular weight is 809 g/mol. The van der Waals surface area contributed by atoms with E-state index in [2.05, 4.69) is 199 Å². The molecule has 0 fully saturated rings. The van der Waals surface area contributed by atoms with Crippen molar-refractivity contribution in [3.63, 3.8) is 0 Å². The van der Waals surface area contributed by atoms with E-state index >= 15 is 0 Å². The van der Waals surface area contributed by atoms with Crippen LogP contribution in [0.3, 0.4) is 0 Å². The first kappa shape index (κ1) is 35.9. The molecule has 0 saturated heterocycles. The van der Waals surface area contributed by atoms with Gasteiger partial charge < -0.3 is 4.57 Å². The van der Waals surface area contributed by atoms with Gasteiger partial charge in [-0.3, -0.25) is 0 Å². The summed E-state index contributed by atoms with van der Waals surface area (Å²) in [5.74, 6) is 1.93. The predicted molar refractivity (Wildman–Crippen MR) is 260 cm³/mol. The molecule has 12 aromatic rings. The molecular weight excluding hydrogens is 773 g/mol. The molecule has 0 aliphatic carbocycles. The third kappa shape index (κ3) is 6.09. The summed E-state index contributed by atoms with van der Waals surface area (Å²) in [5, 5.41) is 4.96. The average Bonchev–Trinajstić information content (AvgIpc) is 3.90. The monoisotopic (exact) mass is 808 g/mol. The first-order valence-corrected chi connectivity index (χ1v) is 21.7. The molecule has 0 atom stereocenters. The SMILES string of the molecule is c1ccc(-c2cccc(-c3nc(-c4ccccc4)nc(-c4ccc5c(c4)sc4cccc(-c6ccccc6-c6cccc7c6c6ccccc6n7-c6ccccc6)c45)n3)c2)cc1. The van der Waals surface area contributed by atoms with Crippen molar-refractivity contribution in [2.24, 2.45) is 0 Å². The van der Waals surface area contributed by atoms with Crippen LogP contribution >= 0.6 is 11.3 Å². The van der Waals surface area contributed by atoms with Crippen LogP contribution in [0.25, 0.3) is 115 Å². The van der Waals surface area contributed by atoms with Crippen LogP contribution in [0.4, 0.5) is 0 Å². The van der Waals surface area contributed by atoms with Crippen molar-refractivity contribution in [3.05, 3.63) is 218 Å². The molecule has 9 aromatic carbocycles. The Morgan fingerprint density at radius 1 is 0.306 bits per heavy atom. The molecule has 4 nitrogen and oxygen atoms in total.